The Morgan fingerprint density at radius 3 is 0.602 bits per heavy atom. The highest BCUT2D eigenvalue weighted by Crippen LogP contribution is 2.45. The van der Waals surface area contributed by atoms with E-state index in [0.29, 0.717) is 25.7 Å². The van der Waals surface area contributed by atoms with Crippen LogP contribution in [-0.2, 0) is 65.4 Å². The van der Waals surface area contributed by atoms with Gasteiger partial charge in [0.15, 0.2) is 12.2 Å². The first-order chi connectivity index (χ1) is 54.9. The molecular weight excluding hydrogens is 1460 g/mol. The molecule has 2 unspecified atom stereocenters. The minimum Gasteiger partial charge on any atom is -0.462 e. The molecule has 0 heterocycles. The number of phosphoric acid groups is 2. The standard InChI is InChI=1S/C94H184O17P2/c1-7-9-11-13-15-17-19-21-22-23-24-25-26-27-32-37-42-48-54-60-66-72-78-93(98)111-90(83-105-92(97)77-71-65-59-53-47-41-36-31-29-28-30-34-39-44-50-56-62-68-74-86(3)4)85-109-113(102,103)107-81-88(95)80-106-112(100,101)108-84-89(82-104-91(96)76-70-64-58-52-46-20-18-16-14-12-10-8-2)110-94(99)79-73-67-61-55-49-43-38-33-35-40-45-51-57-63-69-75-87(5)6/h86-90,95H,7-85H2,1-6H3,(H,100,101)(H,102,103)/t88-,89+,90+/m0/s1. The van der Waals surface area contributed by atoms with Gasteiger partial charge in [0.2, 0.25) is 0 Å². The number of carbonyl (C=O) groups excluding carboxylic acids is 4. The predicted octanol–water partition coefficient (Wildman–Crippen LogP) is 29.4. The molecule has 0 aromatic carbocycles. The number of aliphatic hydroxyl groups excluding tert-OH is 1. The Balaban J connectivity index is 5.24. The van der Waals surface area contributed by atoms with Crippen molar-refractivity contribution in [1.82, 2.24) is 0 Å². The van der Waals surface area contributed by atoms with Crippen LogP contribution in [0.5, 0.6) is 0 Å². The van der Waals surface area contributed by atoms with Crippen LogP contribution in [0.15, 0.2) is 0 Å². The van der Waals surface area contributed by atoms with Crippen molar-refractivity contribution in [2.45, 2.75) is 529 Å². The van der Waals surface area contributed by atoms with Gasteiger partial charge in [-0.15, -0.1) is 0 Å². The summed E-state index contributed by atoms with van der Waals surface area (Å²) in [5.41, 5.74) is 0. The molecule has 0 rings (SSSR count). The highest BCUT2D eigenvalue weighted by molar-refractivity contribution is 7.47. The Morgan fingerprint density at radius 2 is 0.407 bits per heavy atom. The number of aliphatic hydroxyl groups is 1. The number of hydrogen-bond donors (Lipinski definition) is 3. The second kappa shape index (κ2) is 85.1. The molecule has 0 fully saturated rings. The Bertz CT molecular complexity index is 2150. The highest BCUT2D eigenvalue weighted by Gasteiger charge is 2.31. The summed E-state index contributed by atoms with van der Waals surface area (Å²) in [6.07, 6.45) is 80.7. The fraction of sp³-hybridized carbons (Fsp3) is 0.957. The largest absolute Gasteiger partial charge is 0.472 e. The molecule has 0 aromatic rings. The molecule has 672 valence electrons. The van der Waals surface area contributed by atoms with Crippen LogP contribution in [-0.4, -0.2) is 96.7 Å². The molecule has 17 nitrogen and oxygen atoms in total. The molecule has 0 aliphatic carbocycles. The molecule has 3 N–H and O–H groups in total. The monoisotopic (exact) mass is 1650 g/mol. The van der Waals surface area contributed by atoms with E-state index < -0.39 is 97.5 Å². The number of carbonyl (C=O) groups is 4. The van der Waals surface area contributed by atoms with Crippen molar-refractivity contribution in [3.63, 3.8) is 0 Å². The number of phosphoric ester groups is 2. The van der Waals surface area contributed by atoms with E-state index in [0.717, 1.165) is 102 Å². The van der Waals surface area contributed by atoms with Crippen molar-refractivity contribution in [3.8, 4) is 0 Å². The normalized spacial score (nSPS) is 13.7. The van der Waals surface area contributed by atoms with Gasteiger partial charge in [0.05, 0.1) is 26.4 Å². The molecular formula is C94H184O17P2. The van der Waals surface area contributed by atoms with Crippen molar-refractivity contribution in [1.29, 1.82) is 0 Å². The summed E-state index contributed by atoms with van der Waals surface area (Å²) in [5, 5.41) is 10.7. The Kier molecular flexibility index (Phi) is 83.6. The molecule has 0 radical (unpaired) electrons. The van der Waals surface area contributed by atoms with Gasteiger partial charge in [-0.3, -0.25) is 37.3 Å². The van der Waals surface area contributed by atoms with Gasteiger partial charge in [-0.05, 0) is 37.5 Å². The van der Waals surface area contributed by atoms with E-state index in [-0.39, 0.29) is 25.7 Å². The zero-order valence-electron chi connectivity index (χ0n) is 74.7. The number of ether oxygens (including phenoxy) is 4. The van der Waals surface area contributed by atoms with Crippen LogP contribution in [0.4, 0.5) is 0 Å². The lowest BCUT2D eigenvalue weighted by Gasteiger charge is -2.21. The fourth-order valence-electron chi connectivity index (χ4n) is 14.8. The summed E-state index contributed by atoms with van der Waals surface area (Å²) in [5.74, 6) is -0.466. The number of rotatable bonds is 93. The molecule has 0 aliphatic rings. The first-order valence-electron chi connectivity index (χ1n) is 48.5. The lowest BCUT2D eigenvalue weighted by Crippen LogP contribution is -2.30. The molecule has 0 aliphatic heterocycles. The van der Waals surface area contributed by atoms with Crippen LogP contribution in [0.2, 0.25) is 0 Å². The maximum atomic E-state index is 13.2. The van der Waals surface area contributed by atoms with Crippen LogP contribution >= 0.6 is 15.6 Å². The van der Waals surface area contributed by atoms with Crippen LogP contribution in [0, 0.1) is 11.8 Å². The van der Waals surface area contributed by atoms with Crippen LogP contribution < -0.4 is 0 Å². The summed E-state index contributed by atoms with van der Waals surface area (Å²) in [6, 6.07) is 0. The topological polar surface area (TPSA) is 237 Å². The van der Waals surface area contributed by atoms with E-state index in [1.54, 1.807) is 0 Å². The molecule has 113 heavy (non-hydrogen) atoms. The van der Waals surface area contributed by atoms with Gasteiger partial charge in [-0.2, -0.15) is 0 Å². The Labute approximate surface area is 696 Å². The molecule has 0 bridgehead atoms. The molecule has 0 saturated carbocycles. The Morgan fingerprint density at radius 1 is 0.239 bits per heavy atom. The maximum Gasteiger partial charge on any atom is 0.472 e. The average molecular weight is 1650 g/mol. The lowest BCUT2D eigenvalue weighted by molar-refractivity contribution is -0.161. The van der Waals surface area contributed by atoms with Gasteiger partial charge in [0, 0.05) is 25.7 Å². The number of hydrogen-bond acceptors (Lipinski definition) is 15. The van der Waals surface area contributed by atoms with Crippen LogP contribution in [0.3, 0.4) is 0 Å². The number of unbranched alkanes of at least 4 members (excludes halogenated alkanes) is 63. The van der Waals surface area contributed by atoms with Crippen molar-refractivity contribution in [3.05, 3.63) is 0 Å². The van der Waals surface area contributed by atoms with E-state index >= 15 is 0 Å². The summed E-state index contributed by atoms with van der Waals surface area (Å²) in [6.45, 7) is 9.78. The molecule has 0 spiro atoms. The SMILES string of the molecule is CCCCCCCCCCCCCCCCCCCCCCCCC(=O)O[C@H](COC(=O)CCCCCCCCCCCCCCCCCCCCC(C)C)COP(=O)(O)OC[C@@H](O)COP(=O)(O)OC[C@@H](COC(=O)CCCCCCCCCCCCCC)OC(=O)CCCCCCCCCCCCCCCCCC(C)C. The van der Waals surface area contributed by atoms with Crippen molar-refractivity contribution in [2.24, 2.45) is 11.8 Å². The average Bonchev–Trinajstić information content (AvgIpc) is 0.908. The summed E-state index contributed by atoms with van der Waals surface area (Å²) in [7, 11) is -9.94. The van der Waals surface area contributed by atoms with Gasteiger partial charge in [0.1, 0.15) is 19.3 Å². The Hall–Kier alpha value is -1.94. The van der Waals surface area contributed by atoms with Gasteiger partial charge < -0.3 is 33.8 Å². The van der Waals surface area contributed by atoms with Gasteiger partial charge in [0.25, 0.3) is 0 Å². The summed E-state index contributed by atoms with van der Waals surface area (Å²) in [4.78, 5) is 73.5. The first-order valence-corrected chi connectivity index (χ1v) is 51.5. The zero-order valence-corrected chi connectivity index (χ0v) is 76.5. The number of esters is 4. The second-order valence-corrected chi connectivity index (χ2v) is 37.6. The van der Waals surface area contributed by atoms with Crippen molar-refractivity contribution >= 4 is 39.5 Å². The van der Waals surface area contributed by atoms with Gasteiger partial charge in [-0.1, -0.05) is 459 Å². The van der Waals surface area contributed by atoms with E-state index in [2.05, 4.69) is 41.5 Å². The fourth-order valence-corrected chi connectivity index (χ4v) is 16.4. The highest BCUT2D eigenvalue weighted by atomic mass is 31.2. The van der Waals surface area contributed by atoms with Crippen molar-refractivity contribution < 1.29 is 80.2 Å². The van der Waals surface area contributed by atoms with Crippen molar-refractivity contribution in [2.75, 3.05) is 39.6 Å². The first kappa shape index (κ1) is 111. The quantitative estimate of drug-likeness (QED) is 0.0222. The minimum absolute atomic E-state index is 0.109. The van der Waals surface area contributed by atoms with E-state index in [9.17, 15) is 43.2 Å². The van der Waals surface area contributed by atoms with Crippen LogP contribution in [0.1, 0.15) is 510 Å². The summed E-state index contributed by atoms with van der Waals surface area (Å²) >= 11 is 0. The molecule has 5 atom stereocenters. The zero-order chi connectivity index (χ0) is 82.7. The third-order valence-electron chi connectivity index (χ3n) is 22.2. The third kappa shape index (κ3) is 87.7. The van der Waals surface area contributed by atoms with Gasteiger partial charge >= 0.3 is 39.5 Å². The van der Waals surface area contributed by atoms with Gasteiger partial charge in [-0.25, -0.2) is 9.13 Å². The second-order valence-electron chi connectivity index (χ2n) is 34.7. The third-order valence-corrected chi connectivity index (χ3v) is 24.1. The molecule has 0 aromatic heterocycles. The summed E-state index contributed by atoms with van der Waals surface area (Å²) < 4.78 is 69.2. The maximum absolute atomic E-state index is 13.2. The van der Waals surface area contributed by atoms with E-state index in [4.69, 9.17) is 37.0 Å². The molecule has 0 saturated heterocycles. The van der Waals surface area contributed by atoms with E-state index in [1.165, 1.54) is 327 Å². The van der Waals surface area contributed by atoms with E-state index in [1.807, 2.05) is 0 Å². The smallest absolute Gasteiger partial charge is 0.462 e. The minimum atomic E-state index is -4.97. The molecule has 0 amide bonds. The molecule has 19 heteroatoms. The predicted molar refractivity (Wildman–Crippen MR) is 469 cm³/mol. The van der Waals surface area contributed by atoms with Crippen LogP contribution in [0.25, 0.3) is 0 Å². The lowest BCUT2D eigenvalue weighted by atomic mass is 10.0.